The number of hydrogen-bond donors (Lipinski definition) is 0. The van der Waals surface area contributed by atoms with E-state index < -0.39 is 0 Å². The number of nitrogens with zero attached hydrogens (tertiary/aromatic N) is 2. The topological polar surface area (TPSA) is 25.8 Å². The molecule has 1 aromatic carbocycles. The molecule has 0 atom stereocenters. The molecule has 0 amide bonds. The molecule has 2 nitrogen and oxygen atoms in total. The van der Waals surface area contributed by atoms with E-state index in [0.717, 1.165) is 21.8 Å². The van der Waals surface area contributed by atoms with Crippen molar-refractivity contribution in [3.8, 4) is 11.1 Å². The number of aromatic nitrogens is 2. The van der Waals surface area contributed by atoms with Crippen molar-refractivity contribution in [2.45, 2.75) is 6.92 Å². The summed E-state index contributed by atoms with van der Waals surface area (Å²) in [5.74, 6) is 0. The van der Waals surface area contributed by atoms with Gasteiger partial charge in [-0.05, 0) is 24.6 Å². The molecule has 1 aromatic heterocycles. The highest BCUT2D eigenvalue weighted by Gasteiger charge is 2.01. The lowest BCUT2D eigenvalue weighted by Gasteiger charge is -2.03. The van der Waals surface area contributed by atoms with Gasteiger partial charge in [-0.1, -0.05) is 23.7 Å². The van der Waals surface area contributed by atoms with E-state index in [9.17, 15) is 0 Å². The normalized spacial score (nSPS) is 10.1. The fourth-order valence-corrected chi connectivity index (χ4v) is 1.43. The fourth-order valence-electron chi connectivity index (χ4n) is 1.30. The van der Waals surface area contributed by atoms with Gasteiger partial charge < -0.3 is 0 Å². The van der Waals surface area contributed by atoms with Crippen LogP contribution >= 0.6 is 11.6 Å². The van der Waals surface area contributed by atoms with E-state index in [1.807, 2.05) is 37.4 Å². The Balaban J connectivity index is 2.50. The van der Waals surface area contributed by atoms with E-state index in [-0.39, 0.29) is 0 Å². The molecular formula is C11H9ClN2. The van der Waals surface area contributed by atoms with Crippen LogP contribution in [0.3, 0.4) is 0 Å². The van der Waals surface area contributed by atoms with Crippen molar-refractivity contribution in [3.63, 3.8) is 0 Å². The molecule has 2 rings (SSSR count). The van der Waals surface area contributed by atoms with E-state index in [4.69, 9.17) is 11.6 Å². The third-order valence-electron chi connectivity index (χ3n) is 2.07. The molecule has 3 heteroatoms. The summed E-state index contributed by atoms with van der Waals surface area (Å²) < 4.78 is 0. The second kappa shape index (κ2) is 3.76. The Labute approximate surface area is 87.6 Å². The lowest BCUT2D eigenvalue weighted by atomic mass is 10.1. The van der Waals surface area contributed by atoms with Gasteiger partial charge in [-0.3, -0.25) is 0 Å². The summed E-state index contributed by atoms with van der Waals surface area (Å²) in [5, 5.41) is 0.739. The van der Waals surface area contributed by atoms with Crippen LogP contribution in [0.2, 0.25) is 5.02 Å². The van der Waals surface area contributed by atoms with Crippen LogP contribution in [0.15, 0.2) is 36.8 Å². The average Bonchev–Trinajstić information content (AvgIpc) is 2.20. The highest BCUT2D eigenvalue weighted by molar-refractivity contribution is 6.30. The summed E-state index contributed by atoms with van der Waals surface area (Å²) >= 11 is 5.81. The van der Waals surface area contributed by atoms with Crippen molar-refractivity contribution in [1.29, 1.82) is 0 Å². The van der Waals surface area contributed by atoms with Crippen LogP contribution in [0.4, 0.5) is 0 Å². The molecule has 70 valence electrons. The first-order valence-corrected chi connectivity index (χ1v) is 4.68. The summed E-state index contributed by atoms with van der Waals surface area (Å²) in [6.45, 7) is 1.96. The first kappa shape index (κ1) is 9.16. The zero-order valence-electron chi connectivity index (χ0n) is 7.74. The molecule has 0 saturated carbocycles. The zero-order valence-corrected chi connectivity index (χ0v) is 8.49. The first-order valence-electron chi connectivity index (χ1n) is 4.30. The average molecular weight is 205 g/mol. The van der Waals surface area contributed by atoms with Gasteiger partial charge in [-0.15, -0.1) is 0 Å². The van der Waals surface area contributed by atoms with Crippen LogP contribution in [0.25, 0.3) is 11.1 Å². The summed E-state index contributed by atoms with van der Waals surface area (Å²) in [7, 11) is 0. The van der Waals surface area contributed by atoms with Crippen molar-refractivity contribution in [3.05, 3.63) is 47.5 Å². The maximum absolute atomic E-state index is 5.81. The van der Waals surface area contributed by atoms with Crippen LogP contribution in [-0.2, 0) is 0 Å². The molecule has 0 aliphatic rings. The smallest absolute Gasteiger partial charge is 0.115 e. The van der Waals surface area contributed by atoms with Crippen molar-refractivity contribution in [2.75, 3.05) is 0 Å². The van der Waals surface area contributed by atoms with E-state index in [0.29, 0.717) is 0 Å². The predicted octanol–water partition coefficient (Wildman–Crippen LogP) is 3.11. The highest BCUT2D eigenvalue weighted by Crippen LogP contribution is 2.22. The monoisotopic (exact) mass is 204 g/mol. The van der Waals surface area contributed by atoms with Crippen molar-refractivity contribution in [2.24, 2.45) is 0 Å². The van der Waals surface area contributed by atoms with Crippen LogP contribution in [0.1, 0.15) is 5.69 Å². The lowest BCUT2D eigenvalue weighted by molar-refractivity contribution is 1.11. The molecule has 0 radical (unpaired) electrons. The van der Waals surface area contributed by atoms with Gasteiger partial charge in [0.05, 0.1) is 0 Å². The number of halogens is 1. The molecule has 0 unspecified atom stereocenters. The van der Waals surface area contributed by atoms with Gasteiger partial charge in [0.1, 0.15) is 6.33 Å². The molecule has 0 fully saturated rings. The van der Waals surface area contributed by atoms with Crippen LogP contribution in [0.5, 0.6) is 0 Å². The number of hydrogen-bond acceptors (Lipinski definition) is 2. The van der Waals surface area contributed by atoms with Gasteiger partial charge >= 0.3 is 0 Å². The summed E-state index contributed by atoms with van der Waals surface area (Å²) in [6.07, 6.45) is 3.36. The van der Waals surface area contributed by atoms with Crippen LogP contribution < -0.4 is 0 Å². The molecule has 1 heterocycles. The maximum atomic E-state index is 5.81. The van der Waals surface area contributed by atoms with Crippen LogP contribution in [-0.4, -0.2) is 9.97 Å². The Morgan fingerprint density at radius 1 is 1.14 bits per heavy atom. The third kappa shape index (κ3) is 1.75. The van der Waals surface area contributed by atoms with Gasteiger partial charge in [-0.25, -0.2) is 9.97 Å². The minimum absolute atomic E-state index is 0.739. The Bertz CT molecular complexity index is 437. The van der Waals surface area contributed by atoms with E-state index in [1.54, 1.807) is 6.33 Å². The lowest BCUT2D eigenvalue weighted by Crippen LogP contribution is -1.88. The van der Waals surface area contributed by atoms with Crippen molar-refractivity contribution >= 4 is 11.6 Å². The molecular weight excluding hydrogens is 196 g/mol. The molecule has 0 spiro atoms. The number of benzene rings is 1. The van der Waals surface area contributed by atoms with E-state index >= 15 is 0 Å². The Morgan fingerprint density at radius 3 is 2.50 bits per heavy atom. The highest BCUT2D eigenvalue weighted by atomic mass is 35.5. The Morgan fingerprint density at radius 2 is 1.86 bits per heavy atom. The number of rotatable bonds is 1. The predicted molar refractivity (Wildman–Crippen MR) is 57.2 cm³/mol. The largest absolute Gasteiger partial charge is 0.244 e. The first-order chi connectivity index (χ1) is 6.77. The minimum atomic E-state index is 0.739. The van der Waals surface area contributed by atoms with Gasteiger partial charge in [0.25, 0.3) is 0 Å². The van der Waals surface area contributed by atoms with Crippen LogP contribution in [0, 0.1) is 6.92 Å². The molecule has 0 aliphatic heterocycles. The summed E-state index contributed by atoms with van der Waals surface area (Å²) in [5.41, 5.74) is 3.11. The second-order valence-corrected chi connectivity index (χ2v) is 3.47. The Kier molecular flexibility index (Phi) is 2.46. The molecule has 0 saturated heterocycles. The minimum Gasteiger partial charge on any atom is -0.244 e. The summed E-state index contributed by atoms with van der Waals surface area (Å²) in [4.78, 5) is 8.13. The maximum Gasteiger partial charge on any atom is 0.115 e. The van der Waals surface area contributed by atoms with Gasteiger partial charge in [-0.2, -0.15) is 0 Å². The quantitative estimate of drug-likeness (QED) is 0.714. The molecule has 2 aromatic rings. The van der Waals surface area contributed by atoms with Crippen molar-refractivity contribution in [1.82, 2.24) is 9.97 Å². The summed E-state index contributed by atoms with van der Waals surface area (Å²) in [6, 6.07) is 7.66. The Hall–Kier alpha value is -1.41. The van der Waals surface area contributed by atoms with Gasteiger partial charge in [0.2, 0.25) is 0 Å². The van der Waals surface area contributed by atoms with Gasteiger partial charge in [0.15, 0.2) is 0 Å². The number of aryl methyl sites for hydroxylation is 1. The molecule has 0 aliphatic carbocycles. The van der Waals surface area contributed by atoms with Crippen molar-refractivity contribution < 1.29 is 0 Å². The fraction of sp³-hybridized carbons (Fsp3) is 0.0909. The molecule has 14 heavy (non-hydrogen) atoms. The van der Waals surface area contributed by atoms with Gasteiger partial charge in [0, 0.05) is 22.5 Å². The standard InChI is InChI=1S/C11H9ClN2/c1-8-11(6-13-7-14-8)9-2-4-10(12)5-3-9/h2-7H,1H3. The molecule has 0 N–H and O–H groups in total. The third-order valence-corrected chi connectivity index (χ3v) is 2.32. The second-order valence-electron chi connectivity index (χ2n) is 3.03. The SMILES string of the molecule is Cc1ncncc1-c1ccc(Cl)cc1. The van der Waals surface area contributed by atoms with E-state index in [1.165, 1.54) is 0 Å². The molecule has 0 bridgehead atoms. The zero-order chi connectivity index (χ0) is 9.97. The van der Waals surface area contributed by atoms with E-state index in [2.05, 4.69) is 9.97 Å².